The SMILES string of the molecule is CCn1c(SCC(=O)O[C@H](C)C(=O)Nc2ccccc2)nnc1-c1ccco1. The fourth-order valence-electron chi connectivity index (χ4n) is 2.44. The zero-order valence-corrected chi connectivity index (χ0v) is 16.3. The van der Waals surface area contributed by atoms with Gasteiger partial charge in [0.1, 0.15) is 0 Å². The van der Waals surface area contributed by atoms with Gasteiger partial charge >= 0.3 is 5.97 Å². The van der Waals surface area contributed by atoms with Gasteiger partial charge in [-0.15, -0.1) is 10.2 Å². The molecule has 3 aromatic rings. The van der Waals surface area contributed by atoms with E-state index in [2.05, 4.69) is 15.5 Å². The highest BCUT2D eigenvalue weighted by molar-refractivity contribution is 7.99. The Balaban J connectivity index is 1.53. The molecule has 146 valence electrons. The number of furan rings is 1. The number of aromatic nitrogens is 3. The van der Waals surface area contributed by atoms with Crippen molar-refractivity contribution in [1.29, 1.82) is 0 Å². The molecule has 28 heavy (non-hydrogen) atoms. The highest BCUT2D eigenvalue weighted by Crippen LogP contribution is 2.24. The second-order valence-corrected chi connectivity index (χ2v) is 6.75. The van der Waals surface area contributed by atoms with Gasteiger partial charge in [-0.25, -0.2) is 0 Å². The largest absolute Gasteiger partial charge is 0.461 e. The van der Waals surface area contributed by atoms with Crippen LogP contribution in [0, 0.1) is 0 Å². The summed E-state index contributed by atoms with van der Waals surface area (Å²) in [6, 6.07) is 12.6. The number of hydrogen-bond acceptors (Lipinski definition) is 7. The molecule has 1 N–H and O–H groups in total. The summed E-state index contributed by atoms with van der Waals surface area (Å²) in [5.74, 6) is 0.320. The molecular formula is C19H20N4O4S. The molecule has 9 heteroatoms. The predicted molar refractivity (Wildman–Crippen MR) is 105 cm³/mol. The van der Waals surface area contributed by atoms with Crippen molar-refractivity contribution in [2.45, 2.75) is 31.7 Å². The lowest BCUT2D eigenvalue weighted by atomic mass is 10.3. The monoisotopic (exact) mass is 400 g/mol. The fourth-order valence-corrected chi connectivity index (χ4v) is 3.23. The Morgan fingerprint density at radius 1 is 1.21 bits per heavy atom. The molecule has 1 aromatic carbocycles. The summed E-state index contributed by atoms with van der Waals surface area (Å²) in [4.78, 5) is 24.2. The third-order valence-corrected chi connectivity index (χ3v) is 4.75. The normalized spacial score (nSPS) is 11.8. The van der Waals surface area contributed by atoms with E-state index < -0.39 is 12.1 Å². The summed E-state index contributed by atoms with van der Waals surface area (Å²) in [7, 11) is 0. The Labute approximate surface area is 166 Å². The molecule has 0 aliphatic heterocycles. The minimum absolute atomic E-state index is 0.0131. The van der Waals surface area contributed by atoms with Crippen molar-refractivity contribution < 1.29 is 18.7 Å². The zero-order chi connectivity index (χ0) is 19.9. The number of hydrogen-bond donors (Lipinski definition) is 1. The second-order valence-electron chi connectivity index (χ2n) is 5.80. The number of ether oxygens (including phenoxy) is 1. The fraction of sp³-hybridized carbons (Fsp3) is 0.263. The summed E-state index contributed by atoms with van der Waals surface area (Å²) in [6.45, 7) is 4.11. The van der Waals surface area contributed by atoms with Crippen LogP contribution in [0.3, 0.4) is 0 Å². The van der Waals surface area contributed by atoms with Crippen LogP contribution in [0.15, 0.2) is 58.3 Å². The van der Waals surface area contributed by atoms with Crippen LogP contribution < -0.4 is 5.32 Å². The molecule has 0 saturated heterocycles. The maximum Gasteiger partial charge on any atom is 0.317 e. The van der Waals surface area contributed by atoms with Crippen molar-refractivity contribution in [2.24, 2.45) is 0 Å². The number of rotatable bonds is 8. The van der Waals surface area contributed by atoms with Gasteiger partial charge in [-0.1, -0.05) is 30.0 Å². The number of nitrogens with zero attached hydrogens (tertiary/aromatic N) is 3. The lowest BCUT2D eigenvalue weighted by molar-refractivity contribution is -0.150. The van der Waals surface area contributed by atoms with E-state index in [1.165, 1.54) is 18.7 Å². The van der Waals surface area contributed by atoms with E-state index in [1.54, 1.807) is 30.5 Å². The summed E-state index contributed by atoms with van der Waals surface area (Å²) in [6.07, 6.45) is 0.659. The first-order valence-electron chi connectivity index (χ1n) is 8.73. The molecule has 0 radical (unpaired) electrons. The number of thioether (sulfide) groups is 1. The van der Waals surface area contributed by atoms with Crippen molar-refractivity contribution >= 4 is 29.3 Å². The Morgan fingerprint density at radius 3 is 2.68 bits per heavy atom. The van der Waals surface area contributed by atoms with E-state index in [0.717, 1.165) is 0 Å². The van der Waals surface area contributed by atoms with Crippen LogP contribution >= 0.6 is 11.8 Å². The molecule has 0 unspecified atom stereocenters. The van der Waals surface area contributed by atoms with Crippen molar-refractivity contribution in [3.05, 3.63) is 48.7 Å². The lowest BCUT2D eigenvalue weighted by Crippen LogP contribution is -2.30. The Hall–Kier alpha value is -3.07. The second kappa shape index (κ2) is 9.23. The molecule has 8 nitrogen and oxygen atoms in total. The zero-order valence-electron chi connectivity index (χ0n) is 15.5. The number of nitrogens with one attached hydrogen (secondary N) is 1. The highest BCUT2D eigenvalue weighted by Gasteiger charge is 2.20. The van der Waals surface area contributed by atoms with E-state index in [0.29, 0.717) is 29.0 Å². The average molecular weight is 400 g/mol. The van der Waals surface area contributed by atoms with Gasteiger partial charge in [0, 0.05) is 12.2 Å². The summed E-state index contributed by atoms with van der Waals surface area (Å²) < 4.78 is 12.4. The van der Waals surface area contributed by atoms with Gasteiger partial charge < -0.3 is 14.5 Å². The average Bonchev–Trinajstić information content (AvgIpc) is 3.36. The minimum atomic E-state index is -0.906. The summed E-state index contributed by atoms with van der Waals surface area (Å²) >= 11 is 1.20. The number of amides is 1. The molecule has 0 aliphatic carbocycles. The maximum absolute atomic E-state index is 12.1. The first-order valence-corrected chi connectivity index (χ1v) is 9.72. The number of carbonyl (C=O) groups excluding carboxylic acids is 2. The van der Waals surface area contributed by atoms with Gasteiger partial charge in [0.05, 0.1) is 12.0 Å². The van der Waals surface area contributed by atoms with Crippen molar-refractivity contribution in [2.75, 3.05) is 11.1 Å². The van der Waals surface area contributed by atoms with Crippen molar-refractivity contribution in [3.8, 4) is 11.6 Å². The van der Waals surface area contributed by atoms with Gasteiger partial charge in [0.25, 0.3) is 5.91 Å². The molecule has 3 rings (SSSR count). The van der Waals surface area contributed by atoms with Crippen LogP contribution in [0.1, 0.15) is 13.8 Å². The summed E-state index contributed by atoms with van der Waals surface area (Å²) in [5.41, 5.74) is 0.645. The van der Waals surface area contributed by atoms with Gasteiger partial charge in [-0.2, -0.15) is 0 Å². The molecule has 0 spiro atoms. The highest BCUT2D eigenvalue weighted by atomic mass is 32.2. The molecule has 0 saturated carbocycles. The number of para-hydroxylation sites is 1. The van der Waals surface area contributed by atoms with Crippen molar-refractivity contribution in [3.63, 3.8) is 0 Å². The van der Waals surface area contributed by atoms with Crippen LogP contribution in [0.2, 0.25) is 0 Å². The number of anilines is 1. The first-order chi connectivity index (χ1) is 13.6. The Morgan fingerprint density at radius 2 is 2.00 bits per heavy atom. The van der Waals surface area contributed by atoms with E-state index >= 15 is 0 Å². The van der Waals surface area contributed by atoms with Gasteiger partial charge in [0.2, 0.25) is 0 Å². The maximum atomic E-state index is 12.1. The van der Waals surface area contributed by atoms with Gasteiger partial charge in [0.15, 0.2) is 22.8 Å². The number of carbonyl (C=O) groups is 2. The quantitative estimate of drug-likeness (QED) is 0.458. The first kappa shape index (κ1) is 19.7. The molecular weight excluding hydrogens is 380 g/mol. The van der Waals surface area contributed by atoms with Crippen LogP contribution in [0.5, 0.6) is 0 Å². The molecule has 1 atom stereocenters. The molecule has 2 aromatic heterocycles. The Bertz CT molecular complexity index is 925. The van der Waals surface area contributed by atoms with E-state index in [1.807, 2.05) is 29.7 Å². The van der Waals surface area contributed by atoms with E-state index in [4.69, 9.17) is 9.15 Å². The van der Waals surface area contributed by atoms with Crippen LogP contribution in [0.25, 0.3) is 11.6 Å². The lowest BCUT2D eigenvalue weighted by Gasteiger charge is -2.13. The number of benzene rings is 1. The topological polar surface area (TPSA) is 99.2 Å². The van der Waals surface area contributed by atoms with Crippen LogP contribution in [-0.2, 0) is 20.9 Å². The van der Waals surface area contributed by atoms with Crippen molar-refractivity contribution in [1.82, 2.24) is 14.8 Å². The summed E-state index contributed by atoms with van der Waals surface area (Å²) in [5, 5.41) is 11.5. The van der Waals surface area contributed by atoms with Gasteiger partial charge in [-0.3, -0.25) is 14.2 Å². The van der Waals surface area contributed by atoms with Crippen LogP contribution in [0.4, 0.5) is 5.69 Å². The third-order valence-electron chi connectivity index (χ3n) is 3.81. The smallest absolute Gasteiger partial charge is 0.317 e. The minimum Gasteiger partial charge on any atom is -0.461 e. The molecule has 0 fully saturated rings. The van der Waals surface area contributed by atoms with E-state index in [9.17, 15) is 9.59 Å². The molecule has 0 bridgehead atoms. The molecule has 1 amide bonds. The van der Waals surface area contributed by atoms with E-state index in [-0.39, 0.29) is 11.7 Å². The number of esters is 1. The standard InChI is InChI=1S/C19H20N4O4S/c1-3-23-17(15-10-7-11-26-15)21-22-19(23)28-12-16(24)27-13(2)18(25)20-14-8-5-4-6-9-14/h4-11,13H,3,12H2,1-2H3,(H,20,25)/t13-/m1/s1. The van der Waals surface area contributed by atoms with Gasteiger partial charge in [-0.05, 0) is 38.1 Å². The predicted octanol–water partition coefficient (Wildman–Crippen LogP) is 3.22. The molecule has 2 heterocycles. The van der Waals surface area contributed by atoms with Crippen LogP contribution in [-0.4, -0.2) is 38.5 Å². The Kier molecular flexibility index (Phi) is 6.49. The third kappa shape index (κ3) is 4.80. The molecule has 0 aliphatic rings.